The Balaban J connectivity index is 1.12. The smallest absolute Gasteiger partial charge is 0.415 e. The SMILES string of the molecule is CCN(CCCN(CCc1cccc(Oc2ccccc2)c1)C(=O)OC(C)(C)C)C[C@H]1C[C@@H](n2ccc3c(N(C)C(=O)OC(C)(C)C)ncnc32)[C@@H]2OC(C)(C)O[C@H]12. The lowest BCUT2D eigenvalue weighted by Crippen LogP contribution is -2.40. The highest BCUT2D eigenvalue weighted by atomic mass is 16.8. The number of anilines is 1. The van der Waals surface area contributed by atoms with E-state index in [9.17, 15) is 9.59 Å². The number of fused-ring (bicyclic) bond motifs is 2. The number of ether oxygens (including phenoxy) is 5. The molecule has 0 N–H and O–H groups in total. The molecule has 314 valence electrons. The zero-order valence-corrected chi connectivity index (χ0v) is 35.9. The largest absolute Gasteiger partial charge is 0.457 e. The highest BCUT2D eigenvalue weighted by Gasteiger charge is 2.55. The number of carbonyl (C=O) groups excluding carboxylic acids is 2. The zero-order valence-electron chi connectivity index (χ0n) is 35.9. The monoisotopic (exact) mass is 798 g/mol. The maximum Gasteiger partial charge on any atom is 0.415 e. The Kier molecular flexibility index (Phi) is 13.0. The van der Waals surface area contributed by atoms with Crippen molar-refractivity contribution in [1.82, 2.24) is 24.3 Å². The molecule has 2 aliphatic rings. The highest BCUT2D eigenvalue weighted by Crippen LogP contribution is 2.48. The van der Waals surface area contributed by atoms with Gasteiger partial charge >= 0.3 is 12.2 Å². The van der Waals surface area contributed by atoms with Gasteiger partial charge in [0.1, 0.15) is 40.8 Å². The molecule has 2 aromatic heterocycles. The van der Waals surface area contributed by atoms with Gasteiger partial charge in [0, 0.05) is 38.8 Å². The topological polar surface area (TPSA) is 121 Å². The summed E-state index contributed by atoms with van der Waals surface area (Å²) >= 11 is 0. The van der Waals surface area contributed by atoms with E-state index in [1.54, 1.807) is 7.05 Å². The van der Waals surface area contributed by atoms with E-state index < -0.39 is 23.1 Å². The molecule has 1 saturated carbocycles. The lowest BCUT2D eigenvalue weighted by molar-refractivity contribution is -0.161. The van der Waals surface area contributed by atoms with Crippen LogP contribution in [-0.4, -0.2) is 105 Å². The van der Waals surface area contributed by atoms with E-state index >= 15 is 0 Å². The van der Waals surface area contributed by atoms with Crippen molar-refractivity contribution in [2.24, 2.45) is 5.92 Å². The van der Waals surface area contributed by atoms with Crippen LogP contribution in [0.3, 0.4) is 0 Å². The zero-order chi connectivity index (χ0) is 41.8. The molecule has 0 bridgehead atoms. The summed E-state index contributed by atoms with van der Waals surface area (Å²) in [7, 11) is 1.67. The second-order valence-corrected chi connectivity index (χ2v) is 17.9. The van der Waals surface area contributed by atoms with Crippen molar-refractivity contribution in [2.75, 3.05) is 44.7 Å². The number of para-hydroxylation sites is 1. The molecule has 1 aliphatic heterocycles. The summed E-state index contributed by atoms with van der Waals surface area (Å²) in [5.74, 6) is 1.48. The molecule has 2 amide bonds. The van der Waals surface area contributed by atoms with Crippen molar-refractivity contribution in [3.8, 4) is 11.5 Å². The van der Waals surface area contributed by atoms with Crippen LogP contribution in [0.5, 0.6) is 11.5 Å². The Morgan fingerprint density at radius 3 is 2.26 bits per heavy atom. The van der Waals surface area contributed by atoms with E-state index in [0.717, 1.165) is 60.6 Å². The normalized spacial score (nSPS) is 20.3. The summed E-state index contributed by atoms with van der Waals surface area (Å²) < 4.78 is 32.9. The molecule has 13 heteroatoms. The molecular weight excluding hydrogens is 737 g/mol. The van der Waals surface area contributed by atoms with Crippen LogP contribution >= 0.6 is 0 Å². The molecule has 0 unspecified atom stereocenters. The lowest BCUT2D eigenvalue weighted by Gasteiger charge is -2.30. The number of rotatable bonds is 14. The summed E-state index contributed by atoms with van der Waals surface area (Å²) in [6.07, 6.45) is 4.69. The molecule has 0 radical (unpaired) electrons. The Morgan fingerprint density at radius 1 is 0.862 bits per heavy atom. The predicted molar refractivity (Wildman–Crippen MR) is 224 cm³/mol. The quantitative estimate of drug-likeness (QED) is 0.122. The van der Waals surface area contributed by atoms with Crippen molar-refractivity contribution < 1.29 is 33.3 Å². The van der Waals surface area contributed by atoms with Crippen molar-refractivity contribution in [3.05, 3.63) is 78.8 Å². The van der Waals surface area contributed by atoms with Crippen molar-refractivity contribution in [3.63, 3.8) is 0 Å². The van der Waals surface area contributed by atoms with E-state index in [-0.39, 0.29) is 30.3 Å². The second kappa shape index (κ2) is 17.6. The second-order valence-electron chi connectivity index (χ2n) is 17.9. The average Bonchev–Trinajstić information content (AvgIpc) is 3.81. The first kappa shape index (κ1) is 42.9. The van der Waals surface area contributed by atoms with Crippen molar-refractivity contribution >= 4 is 29.0 Å². The van der Waals surface area contributed by atoms with Crippen LogP contribution in [0.25, 0.3) is 11.0 Å². The fraction of sp³-hybridized carbons (Fsp3) is 0.556. The Morgan fingerprint density at radius 2 is 1.55 bits per heavy atom. The summed E-state index contributed by atoms with van der Waals surface area (Å²) in [4.78, 5) is 41.3. The number of amides is 2. The Labute approximate surface area is 343 Å². The van der Waals surface area contributed by atoms with Gasteiger partial charge in [0.2, 0.25) is 0 Å². The van der Waals surface area contributed by atoms with Crippen LogP contribution in [0.4, 0.5) is 15.4 Å². The van der Waals surface area contributed by atoms with E-state index in [1.807, 2.05) is 121 Å². The molecule has 4 aromatic rings. The molecular formula is C45H62N6O7. The molecule has 0 spiro atoms. The number of hydrogen-bond donors (Lipinski definition) is 0. The van der Waals surface area contributed by atoms with Crippen LogP contribution in [0.1, 0.15) is 86.8 Å². The molecule has 1 aliphatic carbocycles. The Hall–Kier alpha value is -4.72. The lowest BCUT2D eigenvalue weighted by atomic mass is 10.0. The average molecular weight is 799 g/mol. The first-order valence-electron chi connectivity index (χ1n) is 20.6. The molecule has 58 heavy (non-hydrogen) atoms. The molecule has 4 atom stereocenters. The summed E-state index contributed by atoms with van der Waals surface area (Å²) in [6, 6.07) is 19.7. The summed E-state index contributed by atoms with van der Waals surface area (Å²) in [5.41, 5.74) is 0.564. The summed E-state index contributed by atoms with van der Waals surface area (Å²) in [6.45, 7) is 20.9. The predicted octanol–water partition coefficient (Wildman–Crippen LogP) is 8.87. The molecule has 1 saturated heterocycles. The van der Waals surface area contributed by atoms with Gasteiger partial charge in [-0.05, 0) is 124 Å². The third-order valence-electron chi connectivity index (χ3n) is 10.4. The van der Waals surface area contributed by atoms with Crippen LogP contribution in [0, 0.1) is 5.92 Å². The molecule has 6 rings (SSSR count). The van der Waals surface area contributed by atoms with Gasteiger partial charge in [0.05, 0.1) is 17.5 Å². The number of aromatic nitrogens is 3. The summed E-state index contributed by atoms with van der Waals surface area (Å²) in [5, 5.41) is 0.756. The van der Waals surface area contributed by atoms with E-state index in [1.165, 1.54) is 11.2 Å². The van der Waals surface area contributed by atoms with Gasteiger partial charge in [0.25, 0.3) is 0 Å². The van der Waals surface area contributed by atoms with Gasteiger partial charge in [-0.3, -0.25) is 4.90 Å². The highest BCUT2D eigenvalue weighted by molar-refractivity contribution is 5.97. The van der Waals surface area contributed by atoms with Crippen LogP contribution in [0.2, 0.25) is 0 Å². The van der Waals surface area contributed by atoms with Crippen LogP contribution in [-0.2, 0) is 25.4 Å². The minimum Gasteiger partial charge on any atom is -0.457 e. The molecule has 3 heterocycles. The van der Waals surface area contributed by atoms with Gasteiger partial charge in [-0.25, -0.2) is 19.6 Å². The standard InChI is InChI=1S/C45H62N6O7/c1-11-49(23-16-24-50(42(53)58-44(5,6)7)25-21-31-17-15-20-34(27-31)54-33-18-13-12-14-19-33)29-32-28-36(38-37(32)55-45(8,9)56-38)51-26-22-35-39(46-30-47-40(35)51)48(10)41(52)57-43(2,3)4/h12-15,17-20,22,26-27,30,32,36-38H,11,16,21,23-25,28-29H2,1-10H3/t32-,36-,37-,38+/m1/s1. The molecule has 2 fully saturated rings. The van der Waals surface area contributed by atoms with E-state index in [0.29, 0.717) is 25.3 Å². The number of hydrogen-bond acceptors (Lipinski definition) is 10. The molecule has 2 aromatic carbocycles. The van der Waals surface area contributed by atoms with Gasteiger partial charge in [0.15, 0.2) is 11.6 Å². The van der Waals surface area contributed by atoms with Gasteiger partial charge in [-0.2, -0.15) is 0 Å². The van der Waals surface area contributed by atoms with Gasteiger partial charge in [-0.15, -0.1) is 0 Å². The minimum atomic E-state index is -0.732. The fourth-order valence-corrected chi connectivity index (χ4v) is 7.89. The fourth-order valence-electron chi connectivity index (χ4n) is 7.89. The van der Waals surface area contributed by atoms with Crippen LogP contribution in [0.15, 0.2) is 73.2 Å². The van der Waals surface area contributed by atoms with Crippen molar-refractivity contribution in [2.45, 2.75) is 117 Å². The van der Waals surface area contributed by atoms with E-state index in [4.69, 9.17) is 23.7 Å². The van der Waals surface area contributed by atoms with Crippen LogP contribution < -0.4 is 9.64 Å². The third-order valence-corrected chi connectivity index (χ3v) is 10.4. The maximum absolute atomic E-state index is 13.5. The maximum atomic E-state index is 13.5. The number of nitrogens with zero attached hydrogens (tertiary/aromatic N) is 6. The third kappa shape index (κ3) is 10.9. The number of carbonyl (C=O) groups is 2. The van der Waals surface area contributed by atoms with Crippen molar-refractivity contribution in [1.29, 1.82) is 0 Å². The first-order valence-corrected chi connectivity index (χ1v) is 20.6. The van der Waals surface area contributed by atoms with E-state index in [2.05, 4.69) is 32.4 Å². The minimum absolute atomic E-state index is 0.0400. The Bertz CT molecular complexity index is 2010. The first-order chi connectivity index (χ1) is 27.4. The van der Waals surface area contributed by atoms with Gasteiger partial charge < -0.3 is 38.1 Å². The van der Waals surface area contributed by atoms with Gasteiger partial charge in [-0.1, -0.05) is 37.3 Å². The number of benzene rings is 2. The molecule has 13 nitrogen and oxygen atoms in total.